The fourth-order valence-corrected chi connectivity index (χ4v) is 2.24. The van der Waals surface area contributed by atoms with E-state index in [0.29, 0.717) is 0 Å². The molecule has 0 saturated carbocycles. The molecule has 0 aliphatic carbocycles. The van der Waals surface area contributed by atoms with Gasteiger partial charge in [-0.15, -0.1) is 0 Å². The Hall–Kier alpha value is -0.860. The summed E-state index contributed by atoms with van der Waals surface area (Å²) in [5.74, 6) is 0.737. The molecule has 0 radical (unpaired) electrons. The van der Waals surface area contributed by atoms with Gasteiger partial charge in [0.25, 0.3) is 0 Å². The number of nitrogens with zero attached hydrogens (tertiary/aromatic N) is 1. The molecule has 1 atom stereocenters. The maximum Gasteiger partial charge on any atom is 0.00223 e. The molecule has 0 amide bonds. The van der Waals surface area contributed by atoms with Crippen molar-refractivity contribution < 1.29 is 0 Å². The minimum atomic E-state index is 0.737. The highest BCUT2D eigenvalue weighted by molar-refractivity contribution is 5.14. The summed E-state index contributed by atoms with van der Waals surface area (Å²) in [5, 5.41) is 0. The first-order valence-electron chi connectivity index (χ1n) is 5.85. The molecule has 15 heavy (non-hydrogen) atoms. The molecule has 1 aliphatic heterocycles. The van der Waals surface area contributed by atoms with Gasteiger partial charge in [0.1, 0.15) is 0 Å². The van der Waals surface area contributed by atoms with Gasteiger partial charge in [0.15, 0.2) is 0 Å². The fourth-order valence-electron chi connectivity index (χ4n) is 2.24. The van der Waals surface area contributed by atoms with Crippen LogP contribution in [0, 0.1) is 5.92 Å². The summed E-state index contributed by atoms with van der Waals surface area (Å²) in [7, 11) is 0. The Morgan fingerprint density at radius 1 is 1.27 bits per heavy atom. The van der Waals surface area contributed by atoms with Gasteiger partial charge >= 0.3 is 0 Å². The van der Waals surface area contributed by atoms with E-state index in [1.54, 1.807) is 0 Å². The second-order valence-electron chi connectivity index (χ2n) is 4.43. The molecule has 1 fully saturated rings. The molecule has 0 aromatic heterocycles. The quantitative estimate of drug-likeness (QED) is 0.805. The molecule has 1 aromatic rings. The first kappa shape index (κ1) is 10.7. The summed E-state index contributed by atoms with van der Waals surface area (Å²) in [5.41, 5.74) is 7.12. The van der Waals surface area contributed by atoms with Crippen molar-refractivity contribution in [2.45, 2.75) is 12.8 Å². The molecule has 1 unspecified atom stereocenters. The van der Waals surface area contributed by atoms with Gasteiger partial charge in [-0.05, 0) is 37.4 Å². The standard InChI is InChI=1S/C13H20N2/c14-10-13-7-9-15(11-13)8-6-12-4-2-1-3-5-12/h1-5,13H,6-11,14H2. The molecule has 2 nitrogen and oxygen atoms in total. The summed E-state index contributed by atoms with van der Waals surface area (Å²) in [6, 6.07) is 10.7. The van der Waals surface area contributed by atoms with Crippen molar-refractivity contribution in [3.8, 4) is 0 Å². The number of nitrogens with two attached hydrogens (primary N) is 1. The lowest BCUT2D eigenvalue weighted by atomic mass is 10.1. The summed E-state index contributed by atoms with van der Waals surface area (Å²) in [4.78, 5) is 2.53. The molecule has 2 N–H and O–H groups in total. The highest BCUT2D eigenvalue weighted by Gasteiger charge is 2.20. The van der Waals surface area contributed by atoms with Gasteiger partial charge in [-0.3, -0.25) is 0 Å². The summed E-state index contributed by atoms with van der Waals surface area (Å²) >= 11 is 0. The van der Waals surface area contributed by atoms with Crippen molar-refractivity contribution in [3.05, 3.63) is 35.9 Å². The van der Waals surface area contributed by atoms with Gasteiger partial charge in [-0.25, -0.2) is 0 Å². The first-order chi connectivity index (χ1) is 7.38. The van der Waals surface area contributed by atoms with Gasteiger partial charge in [-0.1, -0.05) is 30.3 Å². The van der Waals surface area contributed by atoms with E-state index in [4.69, 9.17) is 5.73 Å². The van der Waals surface area contributed by atoms with Crippen molar-refractivity contribution in [2.75, 3.05) is 26.2 Å². The van der Waals surface area contributed by atoms with Crippen LogP contribution < -0.4 is 5.73 Å². The predicted octanol–water partition coefficient (Wildman–Crippen LogP) is 1.51. The Kier molecular flexibility index (Phi) is 3.75. The Morgan fingerprint density at radius 3 is 2.73 bits per heavy atom. The lowest BCUT2D eigenvalue weighted by Gasteiger charge is -2.15. The lowest BCUT2D eigenvalue weighted by Crippen LogP contribution is -2.25. The monoisotopic (exact) mass is 204 g/mol. The summed E-state index contributed by atoms with van der Waals surface area (Å²) in [6.07, 6.45) is 2.45. The summed E-state index contributed by atoms with van der Waals surface area (Å²) < 4.78 is 0. The van der Waals surface area contributed by atoms with E-state index < -0.39 is 0 Å². The van der Waals surface area contributed by atoms with Crippen LogP contribution in [0.1, 0.15) is 12.0 Å². The molecular formula is C13H20N2. The lowest BCUT2D eigenvalue weighted by molar-refractivity contribution is 0.329. The molecule has 0 bridgehead atoms. The van der Waals surface area contributed by atoms with Crippen molar-refractivity contribution in [1.82, 2.24) is 4.90 Å². The minimum Gasteiger partial charge on any atom is -0.330 e. The van der Waals surface area contributed by atoms with Gasteiger partial charge in [0.2, 0.25) is 0 Å². The molecular weight excluding hydrogens is 184 g/mol. The van der Waals surface area contributed by atoms with Crippen LogP contribution in [0.3, 0.4) is 0 Å². The van der Waals surface area contributed by atoms with E-state index in [9.17, 15) is 0 Å². The third-order valence-corrected chi connectivity index (χ3v) is 3.26. The Bertz CT molecular complexity index is 284. The van der Waals surface area contributed by atoms with Crippen LogP contribution >= 0.6 is 0 Å². The summed E-state index contributed by atoms with van der Waals surface area (Å²) in [6.45, 7) is 4.46. The van der Waals surface area contributed by atoms with E-state index in [0.717, 1.165) is 18.9 Å². The molecule has 2 heteroatoms. The predicted molar refractivity (Wildman–Crippen MR) is 63.7 cm³/mol. The number of likely N-dealkylation sites (tertiary alicyclic amines) is 1. The molecule has 2 rings (SSSR count). The second-order valence-corrected chi connectivity index (χ2v) is 4.43. The molecule has 1 aliphatic rings. The minimum absolute atomic E-state index is 0.737. The zero-order valence-electron chi connectivity index (χ0n) is 9.23. The largest absolute Gasteiger partial charge is 0.330 e. The smallest absolute Gasteiger partial charge is 0.00223 e. The van der Waals surface area contributed by atoms with E-state index in [1.807, 2.05) is 0 Å². The Balaban J connectivity index is 1.75. The van der Waals surface area contributed by atoms with Crippen LogP contribution in [-0.2, 0) is 6.42 Å². The molecule has 1 aromatic carbocycles. The van der Waals surface area contributed by atoms with E-state index in [-0.39, 0.29) is 0 Å². The van der Waals surface area contributed by atoms with Gasteiger partial charge < -0.3 is 10.6 Å². The maximum absolute atomic E-state index is 5.68. The van der Waals surface area contributed by atoms with E-state index in [2.05, 4.69) is 35.2 Å². The van der Waals surface area contributed by atoms with Crippen molar-refractivity contribution >= 4 is 0 Å². The topological polar surface area (TPSA) is 29.3 Å². The van der Waals surface area contributed by atoms with Gasteiger partial charge in [-0.2, -0.15) is 0 Å². The molecule has 1 saturated heterocycles. The van der Waals surface area contributed by atoms with Crippen LogP contribution in [0.15, 0.2) is 30.3 Å². The molecule has 82 valence electrons. The average Bonchev–Trinajstić information content (AvgIpc) is 2.76. The molecule has 1 heterocycles. The third kappa shape index (κ3) is 3.05. The fraction of sp³-hybridized carbons (Fsp3) is 0.538. The van der Waals surface area contributed by atoms with E-state index in [1.165, 1.54) is 31.6 Å². The Labute approximate surface area is 92.1 Å². The van der Waals surface area contributed by atoms with Crippen LogP contribution in [0.4, 0.5) is 0 Å². The van der Waals surface area contributed by atoms with Gasteiger partial charge in [0.05, 0.1) is 0 Å². The third-order valence-electron chi connectivity index (χ3n) is 3.26. The number of hydrogen-bond donors (Lipinski definition) is 1. The zero-order valence-corrected chi connectivity index (χ0v) is 9.23. The van der Waals surface area contributed by atoms with Crippen LogP contribution in [-0.4, -0.2) is 31.1 Å². The van der Waals surface area contributed by atoms with Crippen molar-refractivity contribution in [3.63, 3.8) is 0 Å². The highest BCUT2D eigenvalue weighted by atomic mass is 15.1. The average molecular weight is 204 g/mol. The normalized spacial score (nSPS) is 22.1. The van der Waals surface area contributed by atoms with Crippen LogP contribution in [0.5, 0.6) is 0 Å². The van der Waals surface area contributed by atoms with Crippen molar-refractivity contribution in [1.29, 1.82) is 0 Å². The maximum atomic E-state index is 5.68. The number of rotatable bonds is 4. The number of benzene rings is 1. The highest BCUT2D eigenvalue weighted by Crippen LogP contribution is 2.15. The molecule has 0 spiro atoms. The first-order valence-corrected chi connectivity index (χ1v) is 5.85. The van der Waals surface area contributed by atoms with Crippen LogP contribution in [0.25, 0.3) is 0 Å². The second kappa shape index (κ2) is 5.29. The number of hydrogen-bond acceptors (Lipinski definition) is 2. The van der Waals surface area contributed by atoms with Crippen LogP contribution in [0.2, 0.25) is 0 Å². The van der Waals surface area contributed by atoms with Crippen molar-refractivity contribution in [2.24, 2.45) is 11.7 Å². The SMILES string of the molecule is NCC1CCN(CCc2ccccc2)C1. The zero-order chi connectivity index (χ0) is 10.5. The van der Waals surface area contributed by atoms with E-state index >= 15 is 0 Å². The Morgan fingerprint density at radius 2 is 2.07 bits per heavy atom. The van der Waals surface area contributed by atoms with Gasteiger partial charge in [0, 0.05) is 13.1 Å².